The maximum absolute atomic E-state index is 8.25. The average molecular weight is 587 g/mol. The van der Waals surface area contributed by atoms with E-state index in [2.05, 4.69) is 15.0 Å². The first-order chi connectivity index (χ1) is 12.8. The third-order valence-corrected chi connectivity index (χ3v) is 2.86. The Hall–Kier alpha value is -3.17. The molecular weight excluding hydrogens is 577 g/mol. The van der Waals surface area contributed by atoms with E-state index in [1.807, 2.05) is 36.4 Å². The summed E-state index contributed by atoms with van der Waals surface area (Å²) >= 11 is 6.15. The molecule has 11 nitrogen and oxygen atoms in total. The molecule has 0 aliphatic heterocycles. The number of aromatic nitrogens is 3. The number of rotatable bonds is 2. The van der Waals surface area contributed by atoms with Gasteiger partial charge in [0, 0.05) is 17.4 Å². The Kier molecular flexibility index (Phi) is 11.6. The van der Waals surface area contributed by atoms with Crippen molar-refractivity contribution in [2.24, 2.45) is 0 Å². The Morgan fingerprint density at radius 3 is 1.36 bits per heavy atom. The van der Waals surface area contributed by atoms with Crippen LogP contribution in [0, 0.1) is 30.6 Å². The third-order valence-electron chi connectivity index (χ3n) is 2.64. The maximum atomic E-state index is 8.25. The Morgan fingerprint density at radius 2 is 1.07 bits per heavy atom. The molecular formula is C15H10ClN5O6Pt. The maximum Gasteiger partial charge on any atom is 2.00 e. The molecule has 0 saturated carbocycles. The van der Waals surface area contributed by atoms with E-state index in [4.69, 9.17) is 42.2 Å². The Bertz CT molecular complexity index is 811. The summed E-state index contributed by atoms with van der Waals surface area (Å²) < 4.78 is 0. The Morgan fingerprint density at radius 1 is 0.714 bits per heavy atom. The van der Waals surface area contributed by atoms with Crippen molar-refractivity contribution in [2.45, 2.75) is 0 Å². The molecule has 0 unspecified atom stereocenters. The topological polar surface area (TPSA) is 171 Å². The first kappa shape index (κ1) is 24.8. The number of halogens is 1. The van der Waals surface area contributed by atoms with E-state index in [0.717, 1.165) is 22.8 Å². The molecule has 0 aromatic carbocycles. The van der Waals surface area contributed by atoms with Gasteiger partial charge in [-0.05, 0) is 36.4 Å². The van der Waals surface area contributed by atoms with Gasteiger partial charge in [-0.1, -0.05) is 23.7 Å². The van der Waals surface area contributed by atoms with Crippen LogP contribution in [0.4, 0.5) is 0 Å². The summed E-state index contributed by atoms with van der Waals surface area (Å²) in [5.74, 6) is 0. The van der Waals surface area contributed by atoms with Crippen LogP contribution in [0.3, 0.4) is 0 Å². The molecule has 13 heteroatoms. The van der Waals surface area contributed by atoms with E-state index >= 15 is 0 Å². The van der Waals surface area contributed by atoms with Gasteiger partial charge < -0.3 is 30.6 Å². The molecule has 148 valence electrons. The van der Waals surface area contributed by atoms with Gasteiger partial charge in [-0.25, -0.2) is 4.98 Å². The van der Waals surface area contributed by atoms with E-state index in [1.54, 1.807) is 24.5 Å². The zero-order chi connectivity index (χ0) is 20.2. The van der Waals surface area contributed by atoms with Crippen molar-refractivity contribution in [3.63, 3.8) is 0 Å². The first-order valence-corrected chi connectivity index (χ1v) is 7.31. The molecule has 0 bridgehead atoms. The minimum Gasteiger partial charge on any atom is -0.356 e. The van der Waals surface area contributed by atoms with Gasteiger partial charge in [0.25, 0.3) is 0 Å². The van der Waals surface area contributed by atoms with E-state index in [1.165, 1.54) is 0 Å². The Balaban J connectivity index is 0.000000697. The van der Waals surface area contributed by atoms with Crippen LogP contribution in [-0.4, -0.2) is 25.1 Å². The number of nitrogens with zero attached hydrogens (tertiary/aromatic N) is 5. The van der Waals surface area contributed by atoms with Crippen molar-refractivity contribution in [1.29, 1.82) is 0 Å². The van der Waals surface area contributed by atoms with Gasteiger partial charge in [0.1, 0.15) is 0 Å². The van der Waals surface area contributed by atoms with Crippen LogP contribution in [0.2, 0.25) is 5.02 Å². The molecule has 3 rings (SSSR count). The van der Waals surface area contributed by atoms with Crippen LogP contribution in [0.5, 0.6) is 0 Å². The van der Waals surface area contributed by atoms with Crippen LogP contribution in [0.15, 0.2) is 60.9 Å². The summed E-state index contributed by atoms with van der Waals surface area (Å²) in [7, 11) is 0. The molecule has 0 fully saturated rings. The standard InChI is InChI=1S/C15H10ClN3.2NO3.Pt/c16-11-9-14(12-5-1-3-7-17-12)19-15(10-11)13-6-2-4-8-18-13;2*2-1(3)4;/h1-10H;;;/q;2*-1;+2. The number of hydrogen-bond donors (Lipinski definition) is 0. The molecule has 0 amide bonds. The number of pyridine rings is 3. The summed E-state index contributed by atoms with van der Waals surface area (Å²) in [5.41, 5.74) is 3.08. The SMILES string of the molecule is Clc1cc(-c2ccccn2)nc(-c2ccccn2)c1.O=[N+]([O-])[O-].O=[N+]([O-])[O-].[Pt+2]. The summed E-state index contributed by atoms with van der Waals surface area (Å²) in [6.07, 6.45) is 3.47. The van der Waals surface area contributed by atoms with Crippen LogP contribution in [0.1, 0.15) is 0 Å². The predicted octanol–water partition coefficient (Wildman–Crippen LogP) is 3.38. The fourth-order valence-electron chi connectivity index (χ4n) is 1.79. The van der Waals surface area contributed by atoms with Gasteiger partial charge >= 0.3 is 21.1 Å². The smallest absolute Gasteiger partial charge is 0.356 e. The minimum absolute atomic E-state index is 0. The van der Waals surface area contributed by atoms with E-state index < -0.39 is 10.2 Å². The second-order valence-electron chi connectivity index (χ2n) is 4.43. The first-order valence-electron chi connectivity index (χ1n) is 6.93. The minimum atomic E-state index is -1.75. The second-order valence-corrected chi connectivity index (χ2v) is 4.87. The second kappa shape index (κ2) is 13.1. The third kappa shape index (κ3) is 10.1. The fourth-order valence-corrected chi connectivity index (χ4v) is 1.99. The molecule has 0 saturated heterocycles. The molecule has 0 radical (unpaired) electrons. The van der Waals surface area contributed by atoms with E-state index in [-0.39, 0.29) is 21.1 Å². The van der Waals surface area contributed by atoms with Gasteiger partial charge in [0.15, 0.2) is 0 Å². The van der Waals surface area contributed by atoms with Crippen molar-refractivity contribution in [3.05, 3.63) is 96.6 Å². The normalized spacial score (nSPS) is 8.75. The molecule has 0 spiro atoms. The van der Waals surface area contributed by atoms with E-state index in [9.17, 15) is 0 Å². The molecule has 3 heterocycles. The fraction of sp³-hybridized carbons (Fsp3) is 0. The quantitative estimate of drug-likeness (QED) is 0.322. The summed E-state index contributed by atoms with van der Waals surface area (Å²) in [6, 6.07) is 15.0. The molecule has 0 N–H and O–H groups in total. The summed E-state index contributed by atoms with van der Waals surface area (Å²) in [5, 5.41) is 30.1. The van der Waals surface area contributed by atoms with Crippen LogP contribution >= 0.6 is 11.6 Å². The Labute approximate surface area is 177 Å². The van der Waals surface area contributed by atoms with Crippen molar-refractivity contribution in [2.75, 3.05) is 0 Å². The van der Waals surface area contributed by atoms with Crippen molar-refractivity contribution in [1.82, 2.24) is 15.0 Å². The van der Waals surface area contributed by atoms with Crippen LogP contribution in [-0.2, 0) is 21.1 Å². The van der Waals surface area contributed by atoms with Gasteiger partial charge in [0.05, 0.1) is 32.9 Å². The molecule has 0 atom stereocenters. The van der Waals surface area contributed by atoms with Crippen LogP contribution < -0.4 is 0 Å². The molecule has 3 aromatic rings. The van der Waals surface area contributed by atoms with Gasteiger partial charge in [-0.2, -0.15) is 0 Å². The van der Waals surface area contributed by atoms with Crippen LogP contribution in [0.25, 0.3) is 22.8 Å². The molecule has 28 heavy (non-hydrogen) atoms. The molecule has 0 aliphatic carbocycles. The van der Waals surface area contributed by atoms with Gasteiger partial charge in [0.2, 0.25) is 0 Å². The predicted molar refractivity (Wildman–Crippen MR) is 96.4 cm³/mol. The van der Waals surface area contributed by atoms with Crippen molar-refractivity contribution in [3.8, 4) is 22.8 Å². The zero-order valence-electron chi connectivity index (χ0n) is 13.7. The van der Waals surface area contributed by atoms with Crippen molar-refractivity contribution < 1.29 is 31.2 Å². The summed E-state index contributed by atoms with van der Waals surface area (Å²) in [4.78, 5) is 29.6. The molecule has 3 aromatic heterocycles. The van der Waals surface area contributed by atoms with E-state index in [0.29, 0.717) is 5.02 Å². The monoisotopic (exact) mass is 586 g/mol. The average Bonchev–Trinajstić information content (AvgIpc) is 2.62. The number of hydrogen-bond acceptors (Lipinski definition) is 9. The van der Waals surface area contributed by atoms with Gasteiger partial charge in [-0.3, -0.25) is 9.97 Å². The van der Waals surface area contributed by atoms with Crippen molar-refractivity contribution >= 4 is 11.6 Å². The molecule has 0 aliphatic rings. The van der Waals surface area contributed by atoms with Gasteiger partial charge in [-0.15, -0.1) is 0 Å². The largest absolute Gasteiger partial charge is 2.00 e. The zero-order valence-corrected chi connectivity index (χ0v) is 16.7. The summed E-state index contributed by atoms with van der Waals surface area (Å²) in [6.45, 7) is 0.